The van der Waals surface area contributed by atoms with Gasteiger partial charge in [0.2, 0.25) is 0 Å². The van der Waals surface area contributed by atoms with Crippen molar-refractivity contribution in [3.63, 3.8) is 0 Å². The van der Waals surface area contributed by atoms with Crippen molar-refractivity contribution in [1.29, 1.82) is 0 Å². The van der Waals surface area contributed by atoms with Gasteiger partial charge in [0, 0.05) is 19.1 Å². The van der Waals surface area contributed by atoms with Gasteiger partial charge >= 0.3 is 0 Å². The number of morpholine rings is 1. The van der Waals surface area contributed by atoms with E-state index in [4.69, 9.17) is 4.74 Å². The van der Waals surface area contributed by atoms with Gasteiger partial charge in [-0.2, -0.15) is 0 Å². The molecule has 0 N–H and O–H groups in total. The third kappa shape index (κ3) is 2.81. The van der Waals surface area contributed by atoms with Crippen molar-refractivity contribution in [3.05, 3.63) is 34.1 Å². The van der Waals surface area contributed by atoms with Crippen LogP contribution in [0.25, 0.3) is 0 Å². The molecule has 1 aliphatic rings. The van der Waals surface area contributed by atoms with Gasteiger partial charge in [0.1, 0.15) is 5.82 Å². The Bertz CT molecular complexity index is 372. The first kappa shape index (κ1) is 12.0. The SMILES string of the molecule is C[C@H]1COCCN1Cc1ccc(Br)c(F)c1. The Morgan fingerprint density at radius 2 is 2.38 bits per heavy atom. The molecule has 1 fully saturated rings. The van der Waals surface area contributed by atoms with Crippen LogP contribution in [0.1, 0.15) is 12.5 Å². The number of ether oxygens (including phenoxy) is 1. The maximum Gasteiger partial charge on any atom is 0.137 e. The molecule has 2 rings (SSSR count). The molecular weight excluding hydrogens is 273 g/mol. The molecule has 0 aromatic heterocycles. The van der Waals surface area contributed by atoms with Crippen LogP contribution in [0.4, 0.5) is 4.39 Å². The Morgan fingerprint density at radius 1 is 1.56 bits per heavy atom. The lowest BCUT2D eigenvalue weighted by Crippen LogP contribution is -2.42. The van der Waals surface area contributed by atoms with Crippen LogP contribution in [0.2, 0.25) is 0 Å². The van der Waals surface area contributed by atoms with Gasteiger partial charge in [-0.1, -0.05) is 6.07 Å². The molecule has 0 amide bonds. The van der Waals surface area contributed by atoms with Crippen LogP contribution in [0.15, 0.2) is 22.7 Å². The van der Waals surface area contributed by atoms with Gasteiger partial charge in [-0.15, -0.1) is 0 Å². The standard InChI is InChI=1S/C12H15BrFNO/c1-9-8-16-5-4-15(9)7-10-2-3-11(13)12(14)6-10/h2-3,6,9H,4-5,7-8H2,1H3/t9-/m0/s1. The molecule has 2 nitrogen and oxygen atoms in total. The van der Waals surface area contributed by atoms with Crippen molar-refractivity contribution in [2.45, 2.75) is 19.5 Å². The average molecular weight is 288 g/mol. The number of nitrogens with zero attached hydrogens (tertiary/aromatic N) is 1. The predicted molar refractivity (Wildman–Crippen MR) is 64.8 cm³/mol. The molecule has 1 aromatic rings. The van der Waals surface area contributed by atoms with Gasteiger partial charge in [0.15, 0.2) is 0 Å². The van der Waals surface area contributed by atoms with Crippen LogP contribution >= 0.6 is 15.9 Å². The van der Waals surface area contributed by atoms with Crippen molar-refractivity contribution in [2.75, 3.05) is 19.8 Å². The zero-order valence-corrected chi connectivity index (χ0v) is 10.8. The number of hydrogen-bond donors (Lipinski definition) is 0. The zero-order valence-electron chi connectivity index (χ0n) is 9.25. The molecule has 0 saturated carbocycles. The molecule has 4 heteroatoms. The predicted octanol–water partition coefficient (Wildman–Crippen LogP) is 2.81. The fraction of sp³-hybridized carbons (Fsp3) is 0.500. The number of halogens is 2. The Morgan fingerprint density at radius 3 is 3.06 bits per heavy atom. The second-order valence-corrected chi connectivity index (χ2v) is 5.00. The largest absolute Gasteiger partial charge is 0.379 e. The van der Waals surface area contributed by atoms with Crippen LogP contribution in [0.5, 0.6) is 0 Å². The van der Waals surface area contributed by atoms with Crippen LogP contribution in [0, 0.1) is 5.82 Å². The van der Waals surface area contributed by atoms with Crippen molar-refractivity contribution in [2.24, 2.45) is 0 Å². The summed E-state index contributed by atoms with van der Waals surface area (Å²) in [5, 5.41) is 0. The number of hydrogen-bond acceptors (Lipinski definition) is 2. The van der Waals surface area contributed by atoms with E-state index in [-0.39, 0.29) is 5.82 Å². The lowest BCUT2D eigenvalue weighted by atomic mass is 10.1. The summed E-state index contributed by atoms with van der Waals surface area (Å²) in [6, 6.07) is 5.71. The minimum Gasteiger partial charge on any atom is -0.379 e. The Kier molecular flexibility index (Phi) is 3.95. The molecule has 0 aliphatic carbocycles. The topological polar surface area (TPSA) is 12.5 Å². The quantitative estimate of drug-likeness (QED) is 0.829. The lowest BCUT2D eigenvalue weighted by molar-refractivity contribution is -0.00440. The van der Waals surface area contributed by atoms with Gasteiger partial charge in [-0.3, -0.25) is 4.90 Å². The Hall–Kier alpha value is -0.450. The highest BCUT2D eigenvalue weighted by Crippen LogP contribution is 2.18. The van der Waals surface area contributed by atoms with E-state index >= 15 is 0 Å². The van der Waals surface area contributed by atoms with E-state index in [1.807, 2.05) is 6.07 Å². The van der Waals surface area contributed by atoms with Crippen LogP contribution in [-0.2, 0) is 11.3 Å². The van der Waals surface area contributed by atoms with E-state index in [9.17, 15) is 4.39 Å². The molecule has 16 heavy (non-hydrogen) atoms. The molecule has 0 bridgehead atoms. The van der Waals surface area contributed by atoms with Gasteiger partial charge in [-0.25, -0.2) is 4.39 Å². The van der Waals surface area contributed by atoms with E-state index in [1.165, 1.54) is 0 Å². The average Bonchev–Trinajstić information content (AvgIpc) is 2.27. The molecule has 1 atom stereocenters. The molecule has 1 heterocycles. The van der Waals surface area contributed by atoms with Gasteiger partial charge < -0.3 is 4.74 Å². The fourth-order valence-electron chi connectivity index (χ4n) is 1.87. The molecule has 1 aliphatic heterocycles. The highest BCUT2D eigenvalue weighted by atomic mass is 79.9. The summed E-state index contributed by atoms with van der Waals surface area (Å²) in [7, 11) is 0. The van der Waals surface area contributed by atoms with E-state index < -0.39 is 0 Å². The van der Waals surface area contributed by atoms with E-state index in [1.54, 1.807) is 12.1 Å². The van der Waals surface area contributed by atoms with Gasteiger partial charge in [0.05, 0.1) is 17.7 Å². The second kappa shape index (κ2) is 5.25. The molecule has 1 saturated heterocycles. The van der Waals surface area contributed by atoms with Crippen molar-refractivity contribution in [1.82, 2.24) is 4.90 Å². The lowest BCUT2D eigenvalue weighted by Gasteiger charge is -2.33. The van der Waals surface area contributed by atoms with Crippen LogP contribution in [-0.4, -0.2) is 30.7 Å². The van der Waals surface area contributed by atoms with Crippen molar-refractivity contribution < 1.29 is 9.13 Å². The van der Waals surface area contributed by atoms with Gasteiger partial charge in [0.25, 0.3) is 0 Å². The monoisotopic (exact) mass is 287 g/mol. The van der Waals surface area contributed by atoms with Crippen LogP contribution < -0.4 is 0 Å². The third-order valence-electron chi connectivity index (χ3n) is 2.87. The molecule has 1 aromatic carbocycles. The summed E-state index contributed by atoms with van der Waals surface area (Å²) < 4.78 is 19.2. The van der Waals surface area contributed by atoms with Crippen LogP contribution in [0.3, 0.4) is 0 Å². The fourth-order valence-corrected chi connectivity index (χ4v) is 2.12. The van der Waals surface area contributed by atoms with E-state index in [2.05, 4.69) is 27.8 Å². The maximum absolute atomic E-state index is 13.3. The molecule has 0 unspecified atom stereocenters. The van der Waals surface area contributed by atoms with Gasteiger partial charge in [-0.05, 0) is 40.5 Å². The summed E-state index contributed by atoms with van der Waals surface area (Å²) in [5.41, 5.74) is 1.01. The van der Waals surface area contributed by atoms with E-state index in [0.717, 1.165) is 31.9 Å². The summed E-state index contributed by atoms with van der Waals surface area (Å²) in [6.07, 6.45) is 0. The van der Waals surface area contributed by atoms with Crippen molar-refractivity contribution >= 4 is 15.9 Å². The maximum atomic E-state index is 13.3. The van der Waals surface area contributed by atoms with E-state index in [0.29, 0.717) is 10.5 Å². The zero-order chi connectivity index (χ0) is 11.5. The first-order chi connectivity index (χ1) is 7.66. The number of benzene rings is 1. The number of rotatable bonds is 2. The Balaban J connectivity index is 2.05. The highest BCUT2D eigenvalue weighted by molar-refractivity contribution is 9.10. The second-order valence-electron chi connectivity index (χ2n) is 4.14. The third-order valence-corrected chi connectivity index (χ3v) is 3.52. The summed E-state index contributed by atoms with van der Waals surface area (Å²) in [5.74, 6) is -0.196. The summed E-state index contributed by atoms with van der Waals surface area (Å²) in [6.45, 7) is 5.37. The Labute approximate surface area is 104 Å². The van der Waals surface area contributed by atoms with Crippen molar-refractivity contribution in [3.8, 4) is 0 Å². The summed E-state index contributed by atoms with van der Waals surface area (Å²) in [4.78, 5) is 2.31. The first-order valence-electron chi connectivity index (χ1n) is 5.42. The smallest absolute Gasteiger partial charge is 0.137 e. The highest BCUT2D eigenvalue weighted by Gasteiger charge is 2.18. The minimum atomic E-state index is -0.196. The molecule has 0 spiro atoms. The minimum absolute atomic E-state index is 0.196. The molecule has 88 valence electrons. The first-order valence-corrected chi connectivity index (χ1v) is 6.22. The summed E-state index contributed by atoms with van der Waals surface area (Å²) >= 11 is 3.16. The molecular formula is C12H15BrFNO. The molecule has 0 radical (unpaired) electrons. The normalized spacial score (nSPS) is 22.3.